The molecular weight excluding hydrogens is 242 g/mol. The molecule has 0 bridgehead atoms. The van der Waals surface area contributed by atoms with Crippen LogP contribution >= 0.6 is 0 Å². The molecule has 0 aromatic heterocycles. The van der Waals surface area contributed by atoms with E-state index in [1.165, 1.54) is 0 Å². The fraction of sp³-hybridized carbons (Fsp3) is 0.909. The minimum Gasteiger partial charge on any atom is -0.481 e. The zero-order chi connectivity index (χ0) is 12.9. The summed E-state index contributed by atoms with van der Waals surface area (Å²) in [7, 11) is -3.46. The van der Waals surface area contributed by atoms with Crippen molar-refractivity contribution in [1.29, 1.82) is 0 Å². The van der Waals surface area contributed by atoms with E-state index in [2.05, 4.69) is 11.6 Å². The molecule has 0 heterocycles. The largest absolute Gasteiger partial charge is 0.481 e. The van der Waals surface area contributed by atoms with E-state index in [9.17, 15) is 13.2 Å². The van der Waals surface area contributed by atoms with Crippen LogP contribution in [0.3, 0.4) is 0 Å². The third kappa shape index (κ3) is 5.50. The molecule has 2 atom stereocenters. The minimum atomic E-state index is -3.46. The molecule has 1 aliphatic rings. The van der Waals surface area contributed by atoms with Gasteiger partial charge in [0.05, 0.1) is 12.2 Å². The highest BCUT2D eigenvalue weighted by Crippen LogP contribution is 2.23. The van der Waals surface area contributed by atoms with E-state index in [1.54, 1.807) is 0 Å². The molecule has 1 aliphatic carbocycles. The number of sulfonamides is 1. The molecule has 1 rings (SSSR count). The zero-order valence-corrected chi connectivity index (χ0v) is 11.0. The molecule has 0 spiro atoms. The molecule has 0 saturated heterocycles. The Balaban J connectivity index is 2.52. The van der Waals surface area contributed by atoms with Crippen molar-refractivity contribution in [2.75, 3.05) is 5.75 Å². The Morgan fingerprint density at radius 1 is 1.29 bits per heavy atom. The van der Waals surface area contributed by atoms with E-state index in [1.807, 2.05) is 0 Å². The number of nitrogens with one attached hydrogen (secondary N) is 1. The fourth-order valence-corrected chi connectivity index (χ4v) is 3.55. The summed E-state index contributed by atoms with van der Waals surface area (Å²) in [4.78, 5) is 10.4. The fourth-order valence-electron chi connectivity index (χ4n) is 2.18. The summed E-state index contributed by atoms with van der Waals surface area (Å²) in [6, 6.07) is -0.0312. The van der Waals surface area contributed by atoms with Crippen molar-refractivity contribution in [3.63, 3.8) is 0 Å². The molecule has 0 aromatic rings. The highest BCUT2D eigenvalue weighted by atomic mass is 32.2. The van der Waals surface area contributed by atoms with Gasteiger partial charge in [-0.05, 0) is 18.8 Å². The lowest BCUT2D eigenvalue weighted by Gasteiger charge is -2.22. The van der Waals surface area contributed by atoms with Gasteiger partial charge in [0.2, 0.25) is 10.0 Å². The maximum Gasteiger partial charge on any atom is 0.304 e. The SMILES string of the molecule is CC1CCCCCC1NS(=O)(=O)CCC(=O)O. The van der Waals surface area contributed by atoms with Crippen LogP contribution in [0.4, 0.5) is 0 Å². The summed E-state index contributed by atoms with van der Waals surface area (Å²) in [5.41, 5.74) is 0. The molecule has 0 aromatic carbocycles. The molecule has 2 N–H and O–H groups in total. The topological polar surface area (TPSA) is 83.5 Å². The summed E-state index contributed by atoms with van der Waals surface area (Å²) < 4.78 is 26.0. The number of hydrogen-bond acceptors (Lipinski definition) is 3. The maximum absolute atomic E-state index is 11.7. The van der Waals surface area contributed by atoms with Crippen molar-refractivity contribution in [1.82, 2.24) is 4.72 Å². The predicted octanol–water partition coefficient (Wildman–Crippen LogP) is 1.35. The first-order valence-electron chi connectivity index (χ1n) is 6.12. The quantitative estimate of drug-likeness (QED) is 0.733. The summed E-state index contributed by atoms with van der Waals surface area (Å²) in [6.07, 6.45) is 4.89. The Morgan fingerprint density at radius 3 is 2.59 bits per heavy atom. The van der Waals surface area contributed by atoms with Gasteiger partial charge in [-0.3, -0.25) is 4.79 Å². The lowest BCUT2D eigenvalue weighted by Crippen LogP contribution is -2.40. The van der Waals surface area contributed by atoms with E-state index in [0.717, 1.165) is 32.1 Å². The van der Waals surface area contributed by atoms with Gasteiger partial charge in [0.15, 0.2) is 0 Å². The van der Waals surface area contributed by atoms with Crippen LogP contribution in [0, 0.1) is 5.92 Å². The second-order valence-corrected chi connectivity index (χ2v) is 6.68. The molecule has 0 amide bonds. The van der Waals surface area contributed by atoms with Gasteiger partial charge < -0.3 is 5.11 Å². The van der Waals surface area contributed by atoms with Gasteiger partial charge >= 0.3 is 5.97 Å². The van der Waals surface area contributed by atoms with Crippen molar-refractivity contribution in [3.8, 4) is 0 Å². The van der Waals surface area contributed by atoms with Gasteiger partial charge in [0.1, 0.15) is 0 Å². The highest BCUT2D eigenvalue weighted by molar-refractivity contribution is 7.89. The Kier molecular flexibility index (Phi) is 5.39. The molecule has 5 nitrogen and oxygen atoms in total. The van der Waals surface area contributed by atoms with Gasteiger partial charge in [0, 0.05) is 6.04 Å². The molecule has 0 radical (unpaired) electrons. The third-order valence-electron chi connectivity index (χ3n) is 3.28. The molecule has 0 aliphatic heterocycles. The summed E-state index contributed by atoms with van der Waals surface area (Å²) in [6.45, 7) is 2.05. The van der Waals surface area contributed by atoms with Crippen LogP contribution in [0.25, 0.3) is 0 Å². The average Bonchev–Trinajstić information content (AvgIpc) is 2.42. The Bertz CT molecular complexity index is 352. The lowest BCUT2D eigenvalue weighted by atomic mass is 9.98. The standard InChI is InChI=1S/C11H21NO4S/c1-9-5-3-2-4-6-10(9)12-17(15,16)8-7-11(13)14/h9-10,12H,2-8H2,1H3,(H,13,14). The van der Waals surface area contributed by atoms with E-state index in [-0.39, 0.29) is 18.2 Å². The predicted molar refractivity (Wildman–Crippen MR) is 65.2 cm³/mol. The molecular formula is C11H21NO4S. The molecule has 1 saturated carbocycles. The van der Waals surface area contributed by atoms with Gasteiger partial charge in [0.25, 0.3) is 0 Å². The molecule has 100 valence electrons. The van der Waals surface area contributed by atoms with Crippen LogP contribution in [-0.2, 0) is 14.8 Å². The third-order valence-corrected chi connectivity index (χ3v) is 4.68. The Labute approximate surface area is 103 Å². The lowest BCUT2D eigenvalue weighted by molar-refractivity contribution is -0.136. The van der Waals surface area contributed by atoms with Crippen LogP contribution in [0.2, 0.25) is 0 Å². The zero-order valence-electron chi connectivity index (χ0n) is 10.2. The van der Waals surface area contributed by atoms with E-state index in [4.69, 9.17) is 5.11 Å². The first-order chi connectivity index (χ1) is 7.91. The smallest absolute Gasteiger partial charge is 0.304 e. The van der Waals surface area contributed by atoms with Crippen LogP contribution in [0.5, 0.6) is 0 Å². The number of rotatable bonds is 5. The Hall–Kier alpha value is -0.620. The average molecular weight is 263 g/mol. The summed E-state index contributed by atoms with van der Waals surface area (Å²) >= 11 is 0. The minimum absolute atomic E-state index is 0.0312. The van der Waals surface area contributed by atoms with Gasteiger partial charge in [-0.15, -0.1) is 0 Å². The number of carboxylic acid groups (broad SMARTS) is 1. The van der Waals surface area contributed by atoms with Gasteiger partial charge in [-0.25, -0.2) is 13.1 Å². The molecule has 6 heteroatoms. The molecule has 1 fully saturated rings. The highest BCUT2D eigenvalue weighted by Gasteiger charge is 2.24. The van der Waals surface area contributed by atoms with Gasteiger partial charge in [-0.1, -0.05) is 26.2 Å². The first-order valence-corrected chi connectivity index (χ1v) is 7.78. The number of hydrogen-bond donors (Lipinski definition) is 2. The van der Waals surface area contributed by atoms with E-state index < -0.39 is 16.0 Å². The van der Waals surface area contributed by atoms with Crippen molar-refractivity contribution >= 4 is 16.0 Å². The Morgan fingerprint density at radius 2 is 1.94 bits per heavy atom. The van der Waals surface area contributed by atoms with Crippen LogP contribution < -0.4 is 4.72 Å². The first kappa shape index (κ1) is 14.4. The van der Waals surface area contributed by atoms with Crippen LogP contribution in [0.1, 0.15) is 45.4 Å². The normalized spacial score (nSPS) is 26.4. The number of carboxylic acids is 1. The summed E-state index contributed by atoms with van der Waals surface area (Å²) in [5, 5.41) is 8.49. The maximum atomic E-state index is 11.7. The van der Waals surface area contributed by atoms with Crippen molar-refractivity contribution in [2.45, 2.75) is 51.5 Å². The van der Waals surface area contributed by atoms with Crippen molar-refractivity contribution < 1.29 is 18.3 Å². The van der Waals surface area contributed by atoms with Crippen molar-refractivity contribution in [2.24, 2.45) is 5.92 Å². The molecule has 2 unspecified atom stereocenters. The monoisotopic (exact) mass is 263 g/mol. The van der Waals surface area contributed by atoms with Crippen LogP contribution in [-0.4, -0.2) is 31.3 Å². The second kappa shape index (κ2) is 6.35. The van der Waals surface area contributed by atoms with E-state index in [0.29, 0.717) is 5.92 Å². The number of carbonyl (C=O) groups is 1. The van der Waals surface area contributed by atoms with E-state index >= 15 is 0 Å². The summed E-state index contributed by atoms with van der Waals surface area (Å²) in [5.74, 6) is -1.08. The molecule has 17 heavy (non-hydrogen) atoms. The van der Waals surface area contributed by atoms with Crippen LogP contribution in [0.15, 0.2) is 0 Å². The number of aliphatic carboxylic acids is 1. The van der Waals surface area contributed by atoms with Gasteiger partial charge in [-0.2, -0.15) is 0 Å². The van der Waals surface area contributed by atoms with Crippen molar-refractivity contribution in [3.05, 3.63) is 0 Å². The second-order valence-electron chi connectivity index (χ2n) is 4.80.